The van der Waals surface area contributed by atoms with Crippen molar-refractivity contribution in [3.8, 4) is 0 Å². The van der Waals surface area contributed by atoms with Crippen LogP contribution in [0, 0.1) is 17.8 Å². The van der Waals surface area contributed by atoms with Crippen molar-refractivity contribution in [3.05, 3.63) is 0 Å². The van der Waals surface area contributed by atoms with E-state index in [-0.39, 0.29) is 0 Å². The van der Waals surface area contributed by atoms with Gasteiger partial charge in [0, 0.05) is 0 Å². The fourth-order valence-electron chi connectivity index (χ4n) is 2.62. The van der Waals surface area contributed by atoms with E-state index in [1.165, 1.54) is 64.5 Å². The summed E-state index contributed by atoms with van der Waals surface area (Å²) in [5, 5.41) is 3.68. The van der Waals surface area contributed by atoms with Crippen molar-refractivity contribution in [3.63, 3.8) is 0 Å². The highest BCUT2D eigenvalue weighted by Gasteiger charge is 2.06. The van der Waals surface area contributed by atoms with Crippen LogP contribution in [0.1, 0.15) is 86.0 Å². The van der Waals surface area contributed by atoms with E-state index < -0.39 is 0 Å². The van der Waals surface area contributed by atoms with Gasteiger partial charge in [-0.05, 0) is 43.7 Å². The van der Waals surface area contributed by atoms with Crippen LogP contribution in [0.2, 0.25) is 0 Å². The Kier molecular flexibility index (Phi) is 12.9. The molecule has 0 heterocycles. The lowest BCUT2D eigenvalue weighted by Gasteiger charge is -2.17. The molecule has 0 spiro atoms. The van der Waals surface area contributed by atoms with E-state index in [4.69, 9.17) is 0 Å². The quantitative estimate of drug-likeness (QED) is 0.426. The first-order valence-electron chi connectivity index (χ1n) is 8.80. The molecule has 0 bridgehead atoms. The summed E-state index contributed by atoms with van der Waals surface area (Å²) in [7, 11) is 0. The van der Waals surface area contributed by atoms with Crippen LogP contribution in [-0.4, -0.2) is 13.1 Å². The Balaban J connectivity index is 3.45. The molecule has 116 valence electrons. The maximum atomic E-state index is 3.68. The molecular formula is C18H39N. The van der Waals surface area contributed by atoms with Gasteiger partial charge in [0.15, 0.2) is 0 Å². The smallest absolute Gasteiger partial charge is 0.00206 e. The van der Waals surface area contributed by atoms with Crippen LogP contribution in [0.15, 0.2) is 0 Å². The fourth-order valence-corrected chi connectivity index (χ4v) is 2.62. The van der Waals surface area contributed by atoms with Crippen LogP contribution in [0.25, 0.3) is 0 Å². The van der Waals surface area contributed by atoms with Gasteiger partial charge in [-0.2, -0.15) is 0 Å². The maximum Gasteiger partial charge on any atom is -0.00206 e. The molecule has 0 amide bonds. The van der Waals surface area contributed by atoms with Gasteiger partial charge in [-0.1, -0.05) is 73.1 Å². The first-order chi connectivity index (χ1) is 9.10. The highest BCUT2D eigenvalue weighted by molar-refractivity contribution is 4.63. The molecule has 1 nitrogen and oxygen atoms in total. The normalized spacial score (nSPS) is 14.8. The maximum absolute atomic E-state index is 3.68. The Bertz CT molecular complexity index is 177. The van der Waals surface area contributed by atoms with Crippen LogP contribution in [0.5, 0.6) is 0 Å². The Morgan fingerprint density at radius 1 is 0.842 bits per heavy atom. The van der Waals surface area contributed by atoms with Crippen molar-refractivity contribution < 1.29 is 0 Å². The number of hydrogen-bond donors (Lipinski definition) is 1. The summed E-state index contributed by atoms with van der Waals surface area (Å²) < 4.78 is 0. The van der Waals surface area contributed by atoms with E-state index in [0.29, 0.717) is 0 Å². The molecule has 0 aromatic carbocycles. The Hall–Kier alpha value is -0.0400. The predicted octanol–water partition coefficient (Wildman–Crippen LogP) is 5.64. The summed E-state index contributed by atoms with van der Waals surface area (Å²) >= 11 is 0. The van der Waals surface area contributed by atoms with Crippen LogP contribution < -0.4 is 5.32 Å². The first-order valence-corrected chi connectivity index (χ1v) is 8.80. The zero-order valence-corrected chi connectivity index (χ0v) is 14.3. The van der Waals surface area contributed by atoms with Crippen LogP contribution in [0.3, 0.4) is 0 Å². The standard InChI is InChI=1S/C18H39N/c1-6-8-12-18(7-2)15-19-14-13-17(5)11-9-10-16(3)4/h16-19H,6-15H2,1-5H3. The monoisotopic (exact) mass is 269 g/mol. The molecule has 2 unspecified atom stereocenters. The number of nitrogens with one attached hydrogen (secondary N) is 1. The van der Waals surface area contributed by atoms with E-state index in [2.05, 4.69) is 39.9 Å². The van der Waals surface area contributed by atoms with Crippen LogP contribution in [0.4, 0.5) is 0 Å². The fraction of sp³-hybridized carbons (Fsp3) is 1.00. The van der Waals surface area contributed by atoms with Crippen molar-refractivity contribution in [1.29, 1.82) is 0 Å². The van der Waals surface area contributed by atoms with Crippen LogP contribution in [-0.2, 0) is 0 Å². The zero-order chi connectivity index (χ0) is 14.5. The van der Waals surface area contributed by atoms with E-state index in [0.717, 1.165) is 17.8 Å². The molecular weight excluding hydrogens is 230 g/mol. The van der Waals surface area contributed by atoms with Gasteiger partial charge in [-0.3, -0.25) is 0 Å². The van der Waals surface area contributed by atoms with Crippen molar-refractivity contribution in [2.45, 2.75) is 86.0 Å². The molecule has 1 heteroatoms. The zero-order valence-electron chi connectivity index (χ0n) is 14.3. The van der Waals surface area contributed by atoms with Crippen molar-refractivity contribution in [2.24, 2.45) is 17.8 Å². The number of rotatable bonds is 13. The molecule has 0 saturated heterocycles. The summed E-state index contributed by atoms with van der Waals surface area (Å²) in [6.45, 7) is 14.1. The molecule has 0 aromatic heterocycles. The molecule has 1 N–H and O–H groups in total. The van der Waals surface area contributed by atoms with E-state index >= 15 is 0 Å². The molecule has 19 heavy (non-hydrogen) atoms. The lowest BCUT2D eigenvalue weighted by molar-refractivity contribution is 0.391. The van der Waals surface area contributed by atoms with Gasteiger partial charge in [0.1, 0.15) is 0 Å². The molecule has 0 fully saturated rings. The van der Waals surface area contributed by atoms with Crippen molar-refractivity contribution in [1.82, 2.24) is 5.32 Å². The lowest BCUT2D eigenvalue weighted by atomic mass is 9.97. The minimum Gasteiger partial charge on any atom is -0.316 e. The average molecular weight is 270 g/mol. The molecule has 0 aromatic rings. The molecule has 0 aliphatic rings. The van der Waals surface area contributed by atoms with Gasteiger partial charge in [0.25, 0.3) is 0 Å². The number of unbranched alkanes of at least 4 members (excludes halogenated alkanes) is 1. The molecule has 0 rings (SSSR count). The van der Waals surface area contributed by atoms with E-state index in [1.54, 1.807) is 0 Å². The topological polar surface area (TPSA) is 12.0 Å². The number of hydrogen-bond acceptors (Lipinski definition) is 1. The molecule has 0 aliphatic carbocycles. The summed E-state index contributed by atoms with van der Waals surface area (Å²) in [6, 6.07) is 0. The molecule has 0 aliphatic heterocycles. The minimum atomic E-state index is 0.870. The molecule has 0 saturated carbocycles. The van der Waals surface area contributed by atoms with Gasteiger partial charge in [-0.15, -0.1) is 0 Å². The van der Waals surface area contributed by atoms with Gasteiger partial charge in [0.05, 0.1) is 0 Å². The summed E-state index contributed by atoms with van der Waals surface area (Å²) in [6.07, 6.45) is 11.0. The molecule has 0 radical (unpaired) electrons. The third-order valence-corrected chi connectivity index (χ3v) is 4.27. The van der Waals surface area contributed by atoms with Crippen molar-refractivity contribution >= 4 is 0 Å². The third-order valence-electron chi connectivity index (χ3n) is 4.27. The SMILES string of the molecule is CCCCC(CC)CNCCC(C)CCCC(C)C. The van der Waals surface area contributed by atoms with Gasteiger partial charge >= 0.3 is 0 Å². The van der Waals surface area contributed by atoms with E-state index in [1.807, 2.05) is 0 Å². The second kappa shape index (κ2) is 13.0. The summed E-state index contributed by atoms with van der Waals surface area (Å²) in [4.78, 5) is 0. The first kappa shape index (κ1) is 19.0. The van der Waals surface area contributed by atoms with Crippen LogP contribution >= 0.6 is 0 Å². The second-order valence-electron chi connectivity index (χ2n) is 6.84. The van der Waals surface area contributed by atoms with Gasteiger partial charge < -0.3 is 5.32 Å². The largest absolute Gasteiger partial charge is 0.316 e. The highest BCUT2D eigenvalue weighted by atomic mass is 14.9. The second-order valence-corrected chi connectivity index (χ2v) is 6.84. The summed E-state index contributed by atoms with van der Waals surface area (Å²) in [5.74, 6) is 2.66. The molecule has 2 atom stereocenters. The predicted molar refractivity (Wildman–Crippen MR) is 88.6 cm³/mol. The lowest BCUT2D eigenvalue weighted by Crippen LogP contribution is -2.24. The van der Waals surface area contributed by atoms with E-state index in [9.17, 15) is 0 Å². The Morgan fingerprint density at radius 3 is 2.16 bits per heavy atom. The summed E-state index contributed by atoms with van der Waals surface area (Å²) in [5.41, 5.74) is 0. The highest BCUT2D eigenvalue weighted by Crippen LogP contribution is 2.15. The van der Waals surface area contributed by atoms with Crippen molar-refractivity contribution in [2.75, 3.05) is 13.1 Å². The Morgan fingerprint density at radius 2 is 1.58 bits per heavy atom. The third kappa shape index (κ3) is 12.7. The minimum absolute atomic E-state index is 0.870. The van der Waals surface area contributed by atoms with Gasteiger partial charge in [-0.25, -0.2) is 0 Å². The Labute approximate surface area is 122 Å². The van der Waals surface area contributed by atoms with Gasteiger partial charge in [0.2, 0.25) is 0 Å². The average Bonchev–Trinajstić information content (AvgIpc) is 2.37.